The van der Waals surface area contributed by atoms with Gasteiger partial charge in [-0.25, -0.2) is 4.79 Å². The minimum absolute atomic E-state index is 0.322. The van der Waals surface area contributed by atoms with Crippen LogP contribution in [0.15, 0.2) is 18.2 Å². The molecule has 1 aromatic heterocycles. The van der Waals surface area contributed by atoms with Gasteiger partial charge in [-0.15, -0.1) is 0 Å². The van der Waals surface area contributed by atoms with Gasteiger partial charge >= 0.3 is 5.97 Å². The maximum atomic E-state index is 12.3. The summed E-state index contributed by atoms with van der Waals surface area (Å²) in [5, 5.41) is 13.0. The number of amides is 1. The van der Waals surface area contributed by atoms with Crippen molar-refractivity contribution in [3.8, 4) is 0 Å². The van der Waals surface area contributed by atoms with Crippen molar-refractivity contribution in [1.29, 1.82) is 0 Å². The summed E-state index contributed by atoms with van der Waals surface area (Å²) in [5.74, 6) is -1.27. The van der Waals surface area contributed by atoms with Crippen molar-refractivity contribution in [3.05, 3.63) is 35.0 Å². The Morgan fingerprint density at radius 2 is 2.00 bits per heavy atom. The van der Waals surface area contributed by atoms with Crippen LogP contribution in [0.2, 0.25) is 0 Å². The number of rotatable bonds is 3. The molecule has 21 heavy (non-hydrogen) atoms. The molecule has 1 amide bonds. The third-order valence-electron chi connectivity index (χ3n) is 4.54. The molecular formula is C16H18N2O3. The highest BCUT2D eigenvalue weighted by atomic mass is 16.4. The standard InChI is InChI=1S/C16H18N2O3/c1-9-10(2)17-13-5-4-11(8-12(9)13)14(19)18-16(15(20)21)6-3-7-16/h4-5,8,17H,3,6-7H2,1-2H3,(H,18,19)(H,20,21). The third-order valence-corrected chi connectivity index (χ3v) is 4.54. The topological polar surface area (TPSA) is 82.2 Å². The number of carbonyl (C=O) groups is 2. The zero-order chi connectivity index (χ0) is 15.2. The maximum Gasteiger partial charge on any atom is 0.329 e. The molecule has 1 aliphatic carbocycles. The van der Waals surface area contributed by atoms with Crippen molar-refractivity contribution >= 4 is 22.8 Å². The van der Waals surface area contributed by atoms with Crippen LogP contribution in [0, 0.1) is 13.8 Å². The van der Waals surface area contributed by atoms with E-state index < -0.39 is 11.5 Å². The highest BCUT2D eigenvalue weighted by Crippen LogP contribution is 2.32. The first-order valence-electron chi connectivity index (χ1n) is 7.08. The monoisotopic (exact) mass is 286 g/mol. The minimum Gasteiger partial charge on any atom is -0.480 e. The number of aliphatic carboxylic acids is 1. The van der Waals surface area contributed by atoms with Crippen LogP contribution in [-0.2, 0) is 4.79 Å². The van der Waals surface area contributed by atoms with Crippen LogP contribution >= 0.6 is 0 Å². The number of aromatic amines is 1. The average Bonchev–Trinajstić information content (AvgIpc) is 2.68. The molecular weight excluding hydrogens is 268 g/mol. The number of aryl methyl sites for hydroxylation is 2. The second-order valence-electron chi connectivity index (χ2n) is 5.83. The van der Waals surface area contributed by atoms with Gasteiger partial charge < -0.3 is 15.4 Å². The number of carboxylic acid groups (broad SMARTS) is 1. The summed E-state index contributed by atoms with van der Waals surface area (Å²) in [6.45, 7) is 3.99. The summed E-state index contributed by atoms with van der Waals surface area (Å²) in [4.78, 5) is 26.9. The normalized spacial score (nSPS) is 16.5. The Kier molecular flexibility index (Phi) is 3.01. The molecule has 1 aromatic carbocycles. The van der Waals surface area contributed by atoms with Gasteiger partial charge in [-0.05, 0) is 56.9 Å². The quantitative estimate of drug-likeness (QED) is 0.810. The van der Waals surface area contributed by atoms with E-state index in [2.05, 4.69) is 10.3 Å². The van der Waals surface area contributed by atoms with E-state index in [-0.39, 0.29) is 5.91 Å². The molecule has 3 N–H and O–H groups in total. The highest BCUT2D eigenvalue weighted by molar-refractivity contribution is 6.01. The van der Waals surface area contributed by atoms with Crippen molar-refractivity contribution < 1.29 is 14.7 Å². The van der Waals surface area contributed by atoms with E-state index in [4.69, 9.17) is 0 Å². The number of H-pyrrole nitrogens is 1. The van der Waals surface area contributed by atoms with Gasteiger partial charge in [0.25, 0.3) is 5.91 Å². The molecule has 1 fully saturated rings. The fraction of sp³-hybridized carbons (Fsp3) is 0.375. The molecule has 0 spiro atoms. The fourth-order valence-corrected chi connectivity index (χ4v) is 2.81. The fourth-order valence-electron chi connectivity index (χ4n) is 2.81. The summed E-state index contributed by atoms with van der Waals surface area (Å²) in [5.41, 5.74) is 2.59. The number of carboxylic acids is 1. The SMILES string of the molecule is Cc1[nH]c2ccc(C(=O)NC3(C(=O)O)CCC3)cc2c1C. The number of fused-ring (bicyclic) bond motifs is 1. The van der Waals surface area contributed by atoms with E-state index in [1.54, 1.807) is 6.07 Å². The first-order valence-corrected chi connectivity index (χ1v) is 7.08. The highest BCUT2D eigenvalue weighted by Gasteiger charge is 2.45. The zero-order valence-corrected chi connectivity index (χ0v) is 12.1. The lowest BCUT2D eigenvalue weighted by Crippen LogP contribution is -2.59. The Morgan fingerprint density at radius 3 is 2.57 bits per heavy atom. The van der Waals surface area contributed by atoms with E-state index in [1.165, 1.54) is 0 Å². The molecule has 3 rings (SSSR count). The minimum atomic E-state index is -1.07. The van der Waals surface area contributed by atoms with Crippen molar-refractivity contribution in [3.63, 3.8) is 0 Å². The summed E-state index contributed by atoms with van der Waals surface area (Å²) in [6.07, 6.45) is 1.83. The van der Waals surface area contributed by atoms with Crippen molar-refractivity contribution in [2.75, 3.05) is 0 Å². The first kappa shape index (κ1) is 13.7. The lowest BCUT2D eigenvalue weighted by Gasteiger charge is -2.38. The zero-order valence-electron chi connectivity index (χ0n) is 12.1. The van der Waals surface area contributed by atoms with E-state index in [9.17, 15) is 14.7 Å². The van der Waals surface area contributed by atoms with Gasteiger partial charge in [-0.2, -0.15) is 0 Å². The summed E-state index contributed by atoms with van der Waals surface area (Å²) < 4.78 is 0. The maximum absolute atomic E-state index is 12.3. The predicted octanol–water partition coefficient (Wildman–Crippen LogP) is 2.52. The summed E-state index contributed by atoms with van der Waals surface area (Å²) in [6, 6.07) is 5.40. The summed E-state index contributed by atoms with van der Waals surface area (Å²) >= 11 is 0. The number of aromatic nitrogens is 1. The predicted molar refractivity (Wildman–Crippen MR) is 79.5 cm³/mol. The molecule has 5 nitrogen and oxygen atoms in total. The smallest absolute Gasteiger partial charge is 0.329 e. The van der Waals surface area contributed by atoms with Gasteiger partial charge in [0.2, 0.25) is 0 Å². The van der Waals surface area contributed by atoms with Crippen molar-refractivity contribution in [2.45, 2.75) is 38.6 Å². The lowest BCUT2D eigenvalue weighted by atomic mass is 9.76. The van der Waals surface area contributed by atoms with E-state index in [0.29, 0.717) is 18.4 Å². The van der Waals surface area contributed by atoms with Gasteiger partial charge in [0.1, 0.15) is 5.54 Å². The Balaban J connectivity index is 1.91. The Bertz CT molecular complexity index is 741. The molecule has 0 saturated heterocycles. The number of hydrogen-bond acceptors (Lipinski definition) is 2. The van der Waals surface area contributed by atoms with Gasteiger partial charge in [-0.1, -0.05) is 0 Å². The Morgan fingerprint density at radius 1 is 1.29 bits per heavy atom. The van der Waals surface area contributed by atoms with E-state index in [1.807, 2.05) is 26.0 Å². The van der Waals surface area contributed by atoms with Crippen LogP contribution in [0.1, 0.15) is 40.9 Å². The molecule has 1 saturated carbocycles. The summed E-state index contributed by atoms with van der Waals surface area (Å²) in [7, 11) is 0. The van der Waals surface area contributed by atoms with E-state index >= 15 is 0 Å². The molecule has 110 valence electrons. The van der Waals surface area contributed by atoms with Gasteiger partial charge in [0.15, 0.2) is 0 Å². The van der Waals surface area contributed by atoms with Gasteiger partial charge in [0.05, 0.1) is 0 Å². The molecule has 0 radical (unpaired) electrons. The molecule has 1 heterocycles. The molecule has 0 atom stereocenters. The number of benzene rings is 1. The van der Waals surface area contributed by atoms with Crippen LogP contribution in [-0.4, -0.2) is 27.5 Å². The largest absolute Gasteiger partial charge is 0.480 e. The van der Waals surface area contributed by atoms with Crippen LogP contribution in [0.4, 0.5) is 0 Å². The Hall–Kier alpha value is -2.30. The van der Waals surface area contributed by atoms with Crippen molar-refractivity contribution in [2.24, 2.45) is 0 Å². The molecule has 2 aromatic rings. The first-order chi connectivity index (χ1) is 9.93. The van der Waals surface area contributed by atoms with Gasteiger partial charge in [-0.3, -0.25) is 4.79 Å². The van der Waals surface area contributed by atoms with Crippen LogP contribution in [0.3, 0.4) is 0 Å². The molecule has 1 aliphatic rings. The van der Waals surface area contributed by atoms with Crippen LogP contribution in [0.25, 0.3) is 10.9 Å². The van der Waals surface area contributed by atoms with Gasteiger partial charge in [0, 0.05) is 22.2 Å². The average molecular weight is 286 g/mol. The molecule has 0 aliphatic heterocycles. The third kappa shape index (κ3) is 2.09. The van der Waals surface area contributed by atoms with Crippen LogP contribution < -0.4 is 5.32 Å². The molecule has 0 unspecified atom stereocenters. The van der Waals surface area contributed by atoms with Crippen molar-refractivity contribution in [1.82, 2.24) is 10.3 Å². The lowest BCUT2D eigenvalue weighted by molar-refractivity contribution is -0.148. The molecule has 0 bridgehead atoms. The Labute approximate surface area is 122 Å². The second kappa shape index (κ2) is 4.62. The number of hydrogen-bond donors (Lipinski definition) is 3. The molecule has 5 heteroatoms. The number of nitrogens with one attached hydrogen (secondary N) is 2. The second-order valence-corrected chi connectivity index (χ2v) is 5.83. The van der Waals surface area contributed by atoms with Crippen LogP contribution in [0.5, 0.6) is 0 Å². The van der Waals surface area contributed by atoms with E-state index in [0.717, 1.165) is 28.6 Å². The number of carbonyl (C=O) groups excluding carboxylic acids is 1.